The molecule has 2 atom stereocenters. The van der Waals surface area contributed by atoms with Crippen molar-refractivity contribution in [3.05, 3.63) is 58.4 Å². The molecule has 3 rings (SSSR count). The lowest BCUT2D eigenvalue weighted by atomic mass is 9.93. The lowest BCUT2D eigenvalue weighted by Crippen LogP contribution is -2.24. The summed E-state index contributed by atoms with van der Waals surface area (Å²) in [5, 5.41) is 0.627. The van der Waals surface area contributed by atoms with Crippen LogP contribution in [0.1, 0.15) is 29.7 Å². The number of hydrogen-bond donors (Lipinski definition) is 1. The summed E-state index contributed by atoms with van der Waals surface area (Å²) in [5.41, 5.74) is 7.80. The zero-order valence-corrected chi connectivity index (χ0v) is 12.2. The summed E-state index contributed by atoms with van der Waals surface area (Å²) >= 11 is 5.97. The number of nitrogens with two attached hydrogens (primary N) is 1. The van der Waals surface area contributed by atoms with Gasteiger partial charge in [-0.25, -0.2) is 4.39 Å². The fourth-order valence-electron chi connectivity index (χ4n) is 2.56. The van der Waals surface area contributed by atoms with Gasteiger partial charge in [-0.3, -0.25) is 0 Å². The largest absolute Gasteiger partial charge is 0.494 e. The summed E-state index contributed by atoms with van der Waals surface area (Å²) in [7, 11) is 1.44. The Morgan fingerprint density at radius 3 is 2.81 bits per heavy atom. The quantitative estimate of drug-likeness (QED) is 0.911. The van der Waals surface area contributed by atoms with Crippen LogP contribution in [0.15, 0.2) is 36.4 Å². The second-order valence-electron chi connectivity index (χ2n) is 5.02. The number of rotatable bonds is 2. The van der Waals surface area contributed by atoms with Crippen molar-refractivity contribution in [1.82, 2.24) is 0 Å². The van der Waals surface area contributed by atoms with Gasteiger partial charge in [0.15, 0.2) is 11.6 Å². The summed E-state index contributed by atoms with van der Waals surface area (Å²) in [6, 6.07) is 9.98. The van der Waals surface area contributed by atoms with Gasteiger partial charge in [-0.2, -0.15) is 0 Å². The molecule has 0 amide bonds. The lowest BCUT2D eigenvalue weighted by molar-refractivity contribution is 0.161. The van der Waals surface area contributed by atoms with E-state index in [9.17, 15) is 4.39 Å². The van der Waals surface area contributed by atoms with Crippen LogP contribution in [-0.2, 0) is 0 Å². The van der Waals surface area contributed by atoms with Gasteiger partial charge < -0.3 is 15.2 Å². The average molecular weight is 308 g/mol. The van der Waals surface area contributed by atoms with Crippen molar-refractivity contribution in [2.45, 2.75) is 18.6 Å². The molecule has 2 aromatic rings. The maximum absolute atomic E-state index is 13.8. The molecule has 0 spiro atoms. The first-order valence-corrected chi connectivity index (χ1v) is 7.01. The molecule has 1 unspecified atom stereocenters. The van der Waals surface area contributed by atoms with Crippen LogP contribution in [0.2, 0.25) is 5.02 Å². The van der Waals surface area contributed by atoms with Gasteiger partial charge in [-0.1, -0.05) is 17.7 Å². The molecule has 21 heavy (non-hydrogen) atoms. The smallest absolute Gasteiger partial charge is 0.165 e. The number of fused-ring (bicyclic) bond motifs is 1. The van der Waals surface area contributed by atoms with E-state index in [2.05, 4.69) is 0 Å². The van der Waals surface area contributed by atoms with Crippen LogP contribution < -0.4 is 15.2 Å². The third-order valence-corrected chi connectivity index (χ3v) is 3.89. The zero-order valence-electron chi connectivity index (χ0n) is 11.5. The van der Waals surface area contributed by atoms with Gasteiger partial charge in [0.05, 0.1) is 7.11 Å². The molecule has 0 bridgehead atoms. The second kappa shape index (κ2) is 5.54. The average Bonchev–Trinajstić information content (AvgIpc) is 2.47. The highest BCUT2D eigenvalue weighted by Gasteiger charge is 2.27. The van der Waals surface area contributed by atoms with Crippen LogP contribution in [0.3, 0.4) is 0 Å². The number of halogens is 2. The predicted octanol–water partition coefficient (Wildman–Crippen LogP) is 4.01. The van der Waals surface area contributed by atoms with Gasteiger partial charge in [0.25, 0.3) is 0 Å². The Bertz CT molecular complexity index is 677. The molecule has 1 heterocycles. The van der Waals surface area contributed by atoms with E-state index in [0.717, 1.165) is 11.1 Å². The third-order valence-electron chi connectivity index (χ3n) is 3.66. The van der Waals surface area contributed by atoms with E-state index in [-0.39, 0.29) is 17.9 Å². The highest BCUT2D eigenvalue weighted by atomic mass is 35.5. The van der Waals surface area contributed by atoms with Crippen molar-refractivity contribution >= 4 is 11.6 Å². The van der Waals surface area contributed by atoms with Crippen LogP contribution >= 0.6 is 11.6 Å². The molecule has 0 fully saturated rings. The molecule has 0 saturated heterocycles. The monoisotopic (exact) mass is 307 g/mol. The molecular formula is C16H15ClFNO2. The van der Waals surface area contributed by atoms with Gasteiger partial charge in [0.1, 0.15) is 11.9 Å². The molecule has 5 heteroatoms. The van der Waals surface area contributed by atoms with Crippen molar-refractivity contribution in [3.63, 3.8) is 0 Å². The Labute approximate surface area is 127 Å². The van der Waals surface area contributed by atoms with Gasteiger partial charge in [-0.15, -0.1) is 0 Å². The Morgan fingerprint density at radius 1 is 1.29 bits per heavy atom. The van der Waals surface area contributed by atoms with Crippen LogP contribution in [0.5, 0.6) is 11.5 Å². The molecular weight excluding hydrogens is 293 g/mol. The van der Waals surface area contributed by atoms with Crippen molar-refractivity contribution in [2.24, 2.45) is 5.73 Å². The molecule has 2 N–H and O–H groups in total. The van der Waals surface area contributed by atoms with Gasteiger partial charge in [0, 0.05) is 23.0 Å². The summed E-state index contributed by atoms with van der Waals surface area (Å²) < 4.78 is 24.7. The minimum Gasteiger partial charge on any atom is -0.494 e. The van der Waals surface area contributed by atoms with E-state index in [1.54, 1.807) is 24.3 Å². The molecule has 0 aromatic heterocycles. The van der Waals surface area contributed by atoms with Gasteiger partial charge in [0.2, 0.25) is 0 Å². The van der Waals surface area contributed by atoms with Crippen LogP contribution in [0.25, 0.3) is 0 Å². The summed E-state index contributed by atoms with van der Waals surface area (Å²) in [5.74, 6) is 0.500. The predicted molar refractivity (Wildman–Crippen MR) is 79.3 cm³/mol. The summed E-state index contributed by atoms with van der Waals surface area (Å²) in [4.78, 5) is 0. The first-order valence-electron chi connectivity index (χ1n) is 6.63. The molecule has 0 aliphatic carbocycles. The lowest BCUT2D eigenvalue weighted by Gasteiger charge is -2.30. The van der Waals surface area contributed by atoms with Gasteiger partial charge >= 0.3 is 0 Å². The molecule has 110 valence electrons. The topological polar surface area (TPSA) is 44.5 Å². The minimum absolute atomic E-state index is 0.192. The second-order valence-corrected chi connectivity index (χ2v) is 5.46. The fourth-order valence-corrected chi connectivity index (χ4v) is 2.74. The van der Waals surface area contributed by atoms with Crippen LogP contribution in [-0.4, -0.2) is 7.11 Å². The molecule has 2 aromatic carbocycles. The standard InChI is InChI=1S/C16H15ClFNO2/c1-20-15-4-2-9(6-12(15)18)16-8-13(19)11-7-10(17)3-5-14(11)21-16/h2-7,13,16H,8,19H2,1H3/t13-,16?/m0/s1. The molecule has 0 saturated carbocycles. The van der Waals surface area contributed by atoms with Crippen LogP contribution in [0, 0.1) is 5.82 Å². The molecule has 3 nitrogen and oxygen atoms in total. The van der Waals surface area contributed by atoms with E-state index < -0.39 is 5.82 Å². The molecule has 1 aliphatic rings. The summed E-state index contributed by atoms with van der Waals surface area (Å²) in [6.07, 6.45) is 0.285. The fraction of sp³-hybridized carbons (Fsp3) is 0.250. The maximum Gasteiger partial charge on any atom is 0.165 e. The normalized spacial score (nSPS) is 20.6. The first-order chi connectivity index (χ1) is 10.1. The number of benzene rings is 2. The SMILES string of the molecule is COc1ccc(C2C[C@H](N)c3cc(Cl)ccc3O2)cc1F. The number of hydrogen-bond acceptors (Lipinski definition) is 3. The van der Waals surface area contributed by atoms with E-state index in [1.807, 2.05) is 6.07 Å². The Hall–Kier alpha value is -1.78. The Kier molecular flexibility index (Phi) is 3.74. The van der Waals surface area contributed by atoms with E-state index in [4.69, 9.17) is 26.8 Å². The summed E-state index contributed by atoms with van der Waals surface area (Å²) in [6.45, 7) is 0. The Balaban J connectivity index is 1.92. The van der Waals surface area contributed by atoms with Crippen molar-refractivity contribution in [2.75, 3.05) is 7.11 Å². The van der Waals surface area contributed by atoms with E-state index >= 15 is 0 Å². The zero-order chi connectivity index (χ0) is 15.0. The van der Waals surface area contributed by atoms with E-state index in [0.29, 0.717) is 17.2 Å². The highest BCUT2D eigenvalue weighted by molar-refractivity contribution is 6.30. The van der Waals surface area contributed by atoms with Gasteiger partial charge in [-0.05, 0) is 35.9 Å². The van der Waals surface area contributed by atoms with Crippen molar-refractivity contribution in [3.8, 4) is 11.5 Å². The van der Waals surface area contributed by atoms with Crippen molar-refractivity contribution < 1.29 is 13.9 Å². The van der Waals surface area contributed by atoms with Crippen LogP contribution in [0.4, 0.5) is 4.39 Å². The number of methoxy groups -OCH3 is 1. The first kappa shape index (κ1) is 14.2. The third kappa shape index (κ3) is 2.69. The number of ether oxygens (including phenoxy) is 2. The minimum atomic E-state index is -0.408. The molecule has 1 aliphatic heterocycles. The van der Waals surface area contributed by atoms with E-state index in [1.165, 1.54) is 13.2 Å². The Morgan fingerprint density at radius 2 is 2.10 bits per heavy atom. The molecule has 0 radical (unpaired) electrons. The maximum atomic E-state index is 13.8. The van der Waals surface area contributed by atoms with Crippen molar-refractivity contribution in [1.29, 1.82) is 0 Å². The highest BCUT2D eigenvalue weighted by Crippen LogP contribution is 2.41.